The molecule has 3 heterocycles. The number of aromatic amines is 1. The van der Waals surface area contributed by atoms with Crippen molar-refractivity contribution < 1.29 is 19.5 Å². The van der Waals surface area contributed by atoms with Crippen molar-refractivity contribution in [2.75, 3.05) is 19.4 Å². The van der Waals surface area contributed by atoms with Crippen LogP contribution in [-0.4, -0.2) is 75.0 Å². The summed E-state index contributed by atoms with van der Waals surface area (Å²) in [4.78, 5) is 49.7. The third-order valence-corrected chi connectivity index (χ3v) is 6.45. The Kier molecular flexibility index (Phi) is 5.17. The molecule has 2 unspecified atom stereocenters. The maximum absolute atomic E-state index is 13.4. The molecule has 0 saturated carbocycles. The molecule has 0 radical (unpaired) electrons. The van der Waals surface area contributed by atoms with Gasteiger partial charge in [-0.15, -0.1) is 0 Å². The number of guanidine groups is 1. The number of anilines is 1. The number of likely N-dealkylation sites (N-methyl/N-ethyl adjacent to an activating group) is 2. The zero-order valence-electron chi connectivity index (χ0n) is 18.3. The number of carboxylic acids is 1. The number of fused-ring (bicyclic) bond motifs is 2. The molecule has 2 aliphatic heterocycles. The molecule has 3 aromatic rings. The molecule has 2 aromatic carbocycles. The molecule has 2 aliphatic rings. The number of carbonyl (C=O) groups excluding carboxylic acids is 2. The quantitative estimate of drug-likeness (QED) is 0.527. The molecule has 11 heteroatoms. The topological polar surface area (TPSA) is 121 Å². The van der Waals surface area contributed by atoms with Crippen molar-refractivity contribution in [1.82, 2.24) is 19.7 Å². The fourth-order valence-corrected chi connectivity index (χ4v) is 4.52. The number of imide groups is 1. The molecule has 1 fully saturated rings. The summed E-state index contributed by atoms with van der Waals surface area (Å²) >= 11 is 6.26. The Morgan fingerprint density at radius 1 is 1.15 bits per heavy atom. The number of hydrogen-bond acceptors (Lipinski definition) is 6. The van der Waals surface area contributed by atoms with Crippen LogP contribution in [0.25, 0.3) is 10.9 Å². The van der Waals surface area contributed by atoms with Gasteiger partial charge < -0.3 is 25.2 Å². The lowest BCUT2D eigenvalue weighted by Gasteiger charge is -2.40. The van der Waals surface area contributed by atoms with Gasteiger partial charge >= 0.3 is 12.0 Å². The fourth-order valence-electron chi connectivity index (χ4n) is 4.29. The van der Waals surface area contributed by atoms with Gasteiger partial charge in [0.2, 0.25) is 5.96 Å². The molecule has 0 spiro atoms. The summed E-state index contributed by atoms with van der Waals surface area (Å²) in [6, 6.07) is 12.4. The largest absolute Gasteiger partial charge is 0.478 e. The number of H-pyrrole nitrogens is 1. The minimum Gasteiger partial charge on any atom is -0.478 e. The zero-order valence-corrected chi connectivity index (χ0v) is 19.1. The maximum atomic E-state index is 13.4. The third kappa shape index (κ3) is 3.52. The Balaban J connectivity index is 1.37. The highest BCUT2D eigenvalue weighted by molar-refractivity contribution is 6.35. The van der Waals surface area contributed by atoms with Crippen LogP contribution in [0.4, 0.5) is 10.5 Å². The van der Waals surface area contributed by atoms with E-state index in [1.165, 1.54) is 21.9 Å². The van der Waals surface area contributed by atoms with Crippen molar-refractivity contribution in [2.24, 2.45) is 4.99 Å². The number of aliphatic imine (C=N–C) groups is 1. The van der Waals surface area contributed by atoms with E-state index in [9.17, 15) is 14.4 Å². The van der Waals surface area contributed by atoms with Gasteiger partial charge in [0.15, 0.2) is 12.2 Å². The van der Waals surface area contributed by atoms with Crippen LogP contribution in [0.15, 0.2) is 53.5 Å². The van der Waals surface area contributed by atoms with E-state index in [0.29, 0.717) is 22.4 Å². The van der Waals surface area contributed by atoms with Gasteiger partial charge in [0.05, 0.1) is 12.1 Å². The van der Waals surface area contributed by atoms with E-state index in [-0.39, 0.29) is 18.0 Å². The number of carbonyl (C=O) groups is 3. The van der Waals surface area contributed by atoms with Crippen molar-refractivity contribution in [2.45, 2.75) is 18.8 Å². The number of nitrogens with zero attached hydrogens (tertiary/aromatic N) is 4. The number of hydrogen-bond donors (Lipinski definition) is 3. The van der Waals surface area contributed by atoms with Gasteiger partial charge in [-0.3, -0.25) is 9.69 Å². The van der Waals surface area contributed by atoms with Crippen molar-refractivity contribution >= 4 is 52.1 Å². The molecule has 1 saturated heterocycles. The van der Waals surface area contributed by atoms with Gasteiger partial charge in [-0.1, -0.05) is 17.7 Å². The lowest BCUT2D eigenvalue weighted by molar-refractivity contribution is -0.137. The first-order valence-corrected chi connectivity index (χ1v) is 10.9. The van der Waals surface area contributed by atoms with Gasteiger partial charge in [0.25, 0.3) is 5.91 Å². The predicted octanol–water partition coefficient (Wildman–Crippen LogP) is 3.02. The molecular formula is C23H21ClN6O4. The molecule has 3 amide bonds. The number of rotatable bonds is 4. The monoisotopic (exact) mass is 480 g/mol. The van der Waals surface area contributed by atoms with Crippen LogP contribution in [0.1, 0.15) is 16.1 Å². The van der Waals surface area contributed by atoms with Crippen LogP contribution in [0.2, 0.25) is 5.02 Å². The highest BCUT2D eigenvalue weighted by Crippen LogP contribution is 2.30. The lowest BCUT2D eigenvalue weighted by atomic mass is 10.1. The van der Waals surface area contributed by atoms with Crippen molar-refractivity contribution in [3.05, 3.63) is 64.8 Å². The SMILES string of the molecule is CN1C(=O)N(Cc2cc3c(Cl)cccc3[nH]2)C(=O)C2C1N=C(Nc1ccc(C(=O)O)cc1)N2C. The summed E-state index contributed by atoms with van der Waals surface area (Å²) < 4.78 is 0. The standard InChI is InChI=1S/C23H21ClN6O4/c1-28-18-19(27-22(28)26-13-8-6-12(7-9-13)21(32)33)29(2)23(34)30(20(18)31)11-14-10-15-16(24)4-3-5-17(15)25-14/h3-10,18-19,25H,11H2,1-2H3,(H,26,27)(H,32,33). The molecule has 1 aromatic heterocycles. The van der Waals surface area contributed by atoms with Crippen LogP contribution in [0.5, 0.6) is 0 Å². The summed E-state index contributed by atoms with van der Waals surface area (Å²) in [7, 11) is 3.34. The Labute approximate surface area is 199 Å². The van der Waals surface area contributed by atoms with Gasteiger partial charge in [-0.25, -0.2) is 14.6 Å². The maximum Gasteiger partial charge on any atom is 0.335 e. The number of aromatic carboxylic acids is 1. The highest BCUT2D eigenvalue weighted by Gasteiger charge is 2.51. The van der Waals surface area contributed by atoms with Crippen LogP contribution >= 0.6 is 11.6 Å². The summed E-state index contributed by atoms with van der Waals surface area (Å²) in [5.41, 5.74) is 2.29. The Morgan fingerprint density at radius 3 is 2.56 bits per heavy atom. The number of urea groups is 1. The lowest BCUT2D eigenvalue weighted by Crippen LogP contribution is -2.64. The van der Waals surface area contributed by atoms with E-state index in [2.05, 4.69) is 15.3 Å². The molecular weight excluding hydrogens is 460 g/mol. The second kappa shape index (κ2) is 8.07. The van der Waals surface area contributed by atoms with Gasteiger partial charge in [-0.2, -0.15) is 0 Å². The predicted molar refractivity (Wildman–Crippen MR) is 127 cm³/mol. The van der Waals surface area contributed by atoms with Crippen molar-refractivity contribution in [3.63, 3.8) is 0 Å². The minimum absolute atomic E-state index is 0.0729. The van der Waals surface area contributed by atoms with E-state index in [1.807, 2.05) is 18.2 Å². The number of aromatic nitrogens is 1. The molecule has 34 heavy (non-hydrogen) atoms. The Morgan fingerprint density at radius 2 is 1.88 bits per heavy atom. The zero-order chi connectivity index (χ0) is 24.1. The van der Waals surface area contributed by atoms with E-state index in [0.717, 1.165) is 10.9 Å². The van der Waals surface area contributed by atoms with Crippen molar-refractivity contribution in [3.8, 4) is 0 Å². The second-order valence-electron chi connectivity index (χ2n) is 8.24. The number of benzene rings is 2. The molecule has 5 rings (SSSR count). The Hall–Kier alpha value is -4.05. The third-order valence-electron chi connectivity index (χ3n) is 6.12. The average Bonchev–Trinajstić information content (AvgIpc) is 3.37. The first-order valence-electron chi connectivity index (χ1n) is 10.5. The average molecular weight is 481 g/mol. The fraction of sp³-hybridized carbons (Fsp3) is 0.217. The first-order chi connectivity index (χ1) is 16.2. The normalized spacial score (nSPS) is 20.1. The van der Waals surface area contributed by atoms with Crippen LogP contribution in [-0.2, 0) is 11.3 Å². The Bertz CT molecular complexity index is 1350. The van der Waals surface area contributed by atoms with Gasteiger partial charge in [0.1, 0.15) is 0 Å². The highest BCUT2D eigenvalue weighted by atomic mass is 35.5. The summed E-state index contributed by atoms with van der Waals surface area (Å²) in [6.07, 6.45) is -0.681. The molecule has 10 nitrogen and oxygen atoms in total. The van der Waals surface area contributed by atoms with Gasteiger partial charge in [0, 0.05) is 41.4 Å². The number of carboxylic acid groups (broad SMARTS) is 1. The van der Waals surface area contributed by atoms with Crippen LogP contribution in [0.3, 0.4) is 0 Å². The number of halogens is 1. The van der Waals surface area contributed by atoms with E-state index in [1.54, 1.807) is 37.2 Å². The molecule has 0 aliphatic carbocycles. The molecule has 174 valence electrons. The van der Waals surface area contributed by atoms with Gasteiger partial charge in [-0.05, 0) is 42.5 Å². The molecule has 3 N–H and O–H groups in total. The second-order valence-corrected chi connectivity index (χ2v) is 8.65. The number of nitrogens with one attached hydrogen (secondary N) is 2. The number of amides is 3. The van der Waals surface area contributed by atoms with E-state index >= 15 is 0 Å². The minimum atomic E-state index is -1.02. The summed E-state index contributed by atoms with van der Waals surface area (Å²) in [6.45, 7) is 0.0729. The van der Waals surface area contributed by atoms with Crippen LogP contribution in [0, 0.1) is 0 Å². The summed E-state index contributed by atoms with van der Waals surface area (Å²) in [5, 5.41) is 13.6. The van der Waals surface area contributed by atoms with Crippen molar-refractivity contribution in [1.29, 1.82) is 0 Å². The van der Waals surface area contributed by atoms with Crippen LogP contribution < -0.4 is 5.32 Å². The van der Waals surface area contributed by atoms with E-state index in [4.69, 9.17) is 16.7 Å². The smallest absolute Gasteiger partial charge is 0.335 e. The van der Waals surface area contributed by atoms with E-state index < -0.39 is 24.2 Å². The molecule has 2 atom stereocenters. The first kappa shape index (κ1) is 21.8. The summed E-state index contributed by atoms with van der Waals surface area (Å²) in [5.74, 6) is -0.969. The molecule has 0 bridgehead atoms.